The molecule has 0 aliphatic rings. The molecule has 0 saturated heterocycles. The van der Waals surface area contributed by atoms with Gasteiger partial charge >= 0.3 is 12.1 Å². The molecule has 0 aromatic heterocycles. The molecule has 26 heavy (non-hydrogen) atoms. The van der Waals surface area contributed by atoms with Gasteiger partial charge in [0.1, 0.15) is 11.5 Å². The highest BCUT2D eigenvalue weighted by Gasteiger charge is 2.31. The number of carbonyl (C=O) groups is 2. The summed E-state index contributed by atoms with van der Waals surface area (Å²) in [4.78, 5) is 24.1. The minimum atomic E-state index is -4.57. The SMILES string of the molecule is CCC(C(=O)O)c1cc(O)cc(O)c1C(=O)c1ccc(C(F)(F)F)cc1. The zero-order chi connectivity index (χ0) is 19.6. The number of phenols is 2. The molecule has 0 fully saturated rings. The van der Waals surface area contributed by atoms with Gasteiger partial charge in [-0.3, -0.25) is 9.59 Å². The van der Waals surface area contributed by atoms with Crippen molar-refractivity contribution < 1.29 is 38.1 Å². The van der Waals surface area contributed by atoms with E-state index in [-0.39, 0.29) is 23.1 Å². The summed E-state index contributed by atoms with van der Waals surface area (Å²) in [6.07, 6.45) is -4.49. The summed E-state index contributed by atoms with van der Waals surface area (Å²) >= 11 is 0. The Hall–Kier alpha value is -3.03. The monoisotopic (exact) mass is 368 g/mol. The van der Waals surface area contributed by atoms with Gasteiger partial charge in [-0.1, -0.05) is 19.1 Å². The second kappa shape index (κ2) is 7.07. The number of phenolic OH excluding ortho intramolecular Hbond substituents is 2. The van der Waals surface area contributed by atoms with Crippen molar-refractivity contribution in [3.63, 3.8) is 0 Å². The molecule has 0 saturated carbocycles. The van der Waals surface area contributed by atoms with E-state index in [0.717, 1.165) is 36.4 Å². The van der Waals surface area contributed by atoms with Crippen LogP contribution < -0.4 is 0 Å². The molecule has 0 amide bonds. The first-order valence-corrected chi connectivity index (χ1v) is 7.56. The quantitative estimate of drug-likeness (QED) is 0.695. The van der Waals surface area contributed by atoms with Crippen molar-refractivity contribution in [2.45, 2.75) is 25.4 Å². The van der Waals surface area contributed by atoms with Gasteiger partial charge in [0.15, 0.2) is 5.78 Å². The third kappa shape index (κ3) is 3.79. The fraction of sp³-hybridized carbons (Fsp3) is 0.222. The number of alkyl halides is 3. The van der Waals surface area contributed by atoms with Crippen LogP contribution >= 0.6 is 0 Å². The molecule has 0 spiro atoms. The molecule has 0 radical (unpaired) electrons. The van der Waals surface area contributed by atoms with Crippen LogP contribution in [0.5, 0.6) is 11.5 Å². The van der Waals surface area contributed by atoms with E-state index in [9.17, 15) is 38.1 Å². The predicted octanol–water partition coefficient (Wildman–Crippen LogP) is 3.93. The zero-order valence-corrected chi connectivity index (χ0v) is 13.5. The van der Waals surface area contributed by atoms with Crippen molar-refractivity contribution in [2.75, 3.05) is 0 Å². The zero-order valence-electron chi connectivity index (χ0n) is 13.5. The van der Waals surface area contributed by atoms with Crippen LogP contribution in [0, 0.1) is 0 Å². The fourth-order valence-corrected chi connectivity index (χ4v) is 2.64. The average molecular weight is 368 g/mol. The van der Waals surface area contributed by atoms with E-state index >= 15 is 0 Å². The minimum absolute atomic E-state index is 0.0749. The topological polar surface area (TPSA) is 94.8 Å². The molecule has 2 rings (SSSR count). The molecule has 0 aliphatic heterocycles. The molecule has 0 aliphatic carbocycles. The molecular weight excluding hydrogens is 353 g/mol. The van der Waals surface area contributed by atoms with E-state index in [1.807, 2.05) is 0 Å². The molecule has 2 aromatic rings. The third-order valence-electron chi connectivity index (χ3n) is 3.92. The molecule has 0 heterocycles. The summed E-state index contributed by atoms with van der Waals surface area (Å²) in [5.41, 5.74) is -1.57. The van der Waals surface area contributed by atoms with E-state index in [4.69, 9.17) is 0 Å². The van der Waals surface area contributed by atoms with Crippen LogP contribution in [0.15, 0.2) is 36.4 Å². The minimum Gasteiger partial charge on any atom is -0.508 e. The maximum Gasteiger partial charge on any atom is 0.416 e. The highest BCUT2D eigenvalue weighted by atomic mass is 19.4. The van der Waals surface area contributed by atoms with Crippen molar-refractivity contribution in [1.29, 1.82) is 0 Å². The van der Waals surface area contributed by atoms with E-state index in [1.165, 1.54) is 0 Å². The molecular formula is C18H15F3O5. The Morgan fingerprint density at radius 3 is 2.12 bits per heavy atom. The van der Waals surface area contributed by atoms with Gasteiger partial charge in [-0.2, -0.15) is 13.2 Å². The fourth-order valence-electron chi connectivity index (χ4n) is 2.64. The van der Waals surface area contributed by atoms with Gasteiger partial charge in [-0.25, -0.2) is 0 Å². The number of halogens is 3. The number of benzene rings is 2. The smallest absolute Gasteiger partial charge is 0.416 e. The Balaban J connectivity index is 2.57. The van der Waals surface area contributed by atoms with Crippen LogP contribution in [-0.2, 0) is 11.0 Å². The third-order valence-corrected chi connectivity index (χ3v) is 3.92. The first kappa shape index (κ1) is 19.3. The van der Waals surface area contributed by atoms with Gasteiger partial charge in [0.2, 0.25) is 0 Å². The first-order chi connectivity index (χ1) is 12.1. The Morgan fingerprint density at radius 2 is 1.65 bits per heavy atom. The first-order valence-electron chi connectivity index (χ1n) is 7.56. The van der Waals surface area contributed by atoms with Crippen molar-refractivity contribution in [3.05, 3.63) is 58.7 Å². The predicted molar refractivity (Wildman–Crippen MR) is 85.3 cm³/mol. The average Bonchev–Trinajstić information content (AvgIpc) is 2.53. The lowest BCUT2D eigenvalue weighted by Gasteiger charge is -2.17. The molecule has 3 N–H and O–H groups in total. The van der Waals surface area contributed by atoms with E-state index in [0.29, 0.717) is 0 Å². The van der Waals surface area contributed by atoms with Gasteiger partial charge < -0.3 is 15.3 Å². The van der Waals surface area contributed by atoms with Crippen LogP contribution in [0.4, 0.5) is 13.2 Å². The standard InChI is InChI=1S/C18H15F3O5/c1-2-12(17(25)26)13-7-11(22)8-14(23)15(13)16(24)9-3-5-10(6-4-9)18(19,20)21/h3-8,12,22-23H,2H2,1H3,(H,25,26). The van der Waals surface area contributed by atoms with Crippen LogP contribution in [-0.4, -0.2) is 27.1 Å². The number of hydrogen-bond acceptors (Lipinski definition) is 4. The summed E-state index contributed by atoms with van der Waals surface area (Å²) in [6.45, 7) is 1.55. The number of rotatable bonds is 5. The summed E-state index contributed by atoms with van der Waals surface area (Å²) < 4.78 is 37.9. The van der Waals surface area contributed by atoms with Gasteiger partial charge in [-0.05, 0) is 30.2 Å². The van der Waals surface area contributed by atoms with E-state index in [1.54, 1.807) is 6.92 Å². The van der Waals surface area contributed by atoms with Crippen molar-refractivity contribution >= 4 is 11.8 Å². The lowest BCUT2D eigenvalue weighted by Crippen LogP contribution is -2.16. The number of aromatic hydroxyl groups is 2. The van der Waals surface area contributed by atoms with Crippen molar-refractivity contribution in [2.24, 2.45) is 0 Å². The number of hydrogen-bond donors (Lipinski definition) is 3. The summed E-state index contributed by atoms with van der Waals surface area (Å²) in [7, 11) is 0. The molecule has 138 valence electrons. The number of carboxylic acids is 1. The van der Waals surface area contributed by atoms with E-state index in [2.05, 4.69) is 0 Å². The molecule has 5 nitrogen and oxygen atoms in total. The van der Waals surface area contributed by atoms with Crippen molar-refractivity contribution in [1.82, 2.24) is 0 Å². The summed E-state index contributed by atoms with van der Waals surface area (Å²) in [6, 6.07) is 5.26. The molecule has 2 aromatic carbocycles. The molecule has 1 unspecified atom stereocenters. The van der Waals surface area contributed by atoms with Crippen LogP contribution in [0.3, 0.4) is 0 Å². The lowest BCUT2D eigenvalue weighted by atomic mass is 9.87. The van der Waals surface area contributed by atoms with Crippen LogP contribution in [0.2, 0.25) is 0 Å². The maximum atomic E-state index is 12.7. The molecule has 0 bridgehead atoms. The van der Waals surface area contributed by atoms with Crippen LogP contribution in [0.1, 0.15) is 46.3 Å². The van der Waals surface area contributed by atoms with Crippen LogP contribution in [0.25, 0.3) is 0 Å². The van der Waals surface area contributed by atoms with Gasteiger partial charge in [0, 0.05) is 11.6 Å². The number of aliphatic carboxylic acids is 1. The molecule has 1 atom stereocenters. The largest absolute Gasteiger partial charge is 0.508 e. The lowest BCUT2D eigenvalue weighted by molar-refractivity contribution is -0.139. The van der Waals surface area contributed by atoms with Gasteiger partial charge in [-0.15, -0.1) is 0 Å². The normalized spacial score (nSPS) is 12.6. The van der Waals surface area contributed by atoms with Gasteiger partial charge in [0.05, 0.1) is 17.0 Å². The number of ketones is 1. The van der Waals surface area contributed by atoms with Gasteiger partial charge in [0.25, 0.3) is 0 Å². The van der Waals surface area contributed by atoms with E-state index < -0.39 is 40.9 Å². The van der Waals surface area contributed by atoms with Crippen molar-refractivity contribution in [3.8, 4) is 11.5 Å². The summed E-state index contributed by atoms with van der Waals surface area (Å²) in [5, 5.41) is 29.0. The number of carbonyl (C=O) groups excluding carboxylic acids is 1. The molecule has 8 heteroatoms. The summed E-state index contributed by atoms with van der Waals surface area (Å²) in [5.74, 6) is -4.36. The second-order valence-electron chi connectivity index (χ2n) is 5.63. The second-order valence-corrected chi connectivity index (χ2v) is 5.63. The Morgan fingerprint density at radius 1 is 1.08 bits per heavy atom. The highest BCUT2D eigenvalue weighted by Crippen LogP contribution is 2.36. The Labute approximate surface area is 146 Å². The Kier molecular flexibility index (Phi) is 5.25. The maximum absolute atomic E-state index is 12.7. The Bertz CT molecular complexity index is 841. The highest BCUT2D eigenvalue weighted by molar-refractivity contribution is 6.12. The number of carboxylic acid groups (broad SMARTS) is 1.